The van der Waals surface area contributed by atoms with Crippen LogP contribution in [0.5, 0.6) is 0 Å². The number of carboxylic acids is 1. The molecule has 0 saturated heterocycles. The second-order valence-electron chi connectivity index (χ2n) is 35.2. The van der Waals surface area contributed by atoms with E-state index >= 15 is 0 Å². The number of fused-ring (bicyclic) bond motifs is 5. The molecule has 0 fully saturated rings. The minimum Gasteiger partial charge on any atom is -0.476 e. The zero-order valence-corrected chi connectivity index (χ0v) is 81.6. The highest BCUT2D eigenvalue weighted by molar-refractivity contribution is 9.10. The molecule has 12 aromatic rings. The van der Waals surface area contributed by atoms with Crippen LogP contribution in [0.15, 0.2) is 252 Å². The number of alkyl halides is 6. The Balaban J connectivity index is 0.000000179. The van der Waals surface area contributed by atoms with E-state index in [2.05, 4.69) is 207 Å². The lowest BCUT2D eigenvalue weighted by Gasteiger charge is -2.31. The molecule has 8 heterocycles. The summed E-state index contributed by atoms with van der Waals surface area (Å²) < 4.78 is 95.7. The number of nitrogens with zero attached hydrogens (tertiary/aromatic N) is 9. The van der Waals surface area contributed by atoms with Gasteiger partial charge in [0, 0.05) is 79.9 Å². The standard InChI is InChI=1S/C21H16F3N3O.C21H19N3O.C16H17N.C14H18BrNO2.C10H18O5.C9H10BrN.C7H6BF3O2.C5H4N2O2.ClH/c22-21(23,24)18-7-5-14(6-8-18)16-4-3-15-9-11-27(13-17(15)12-16)20(28)19-2-1-10-25-26-19;1-15-4-6-16(7-5-15)18-9-8-17-10-12-24(14-19(17)13-18)21(25)20-3-2-11-22-23-20;1-12-2-4-13(5-3-12)15-7-6-14-8-9-17-11-16(14)10-15;1-14(2,3)18-13(17)16-7-6-10-4-5-12(15)8-11(10)9-16;1-9(2,3)14-7(11)13-8(12)15-10(4,5)6;10-9-2-1-7-3-4-11-6-8(7)5-9;9-7(10,11)5-1-3-6(4-2-5)8(12)13;8-5(9)4-2-1-3-6-7-4;/h1-8,10,12H,9,11,13H2;2-9,11,13H,10,12,14H2,1H3;2-7,10,17H,8-9,11H2,1H3;4-5,8H,6-7,9H2,1-3H3;1-6H3;1-2,5,11H,3-4,6H2;1-4,12-13H;1-3H,(H,8,9);1H. The van der Waals surface area contributed by atoms with Crippen molar-refractivity contribution in [1.82, 2.24) is 55.9 Å². The van der Waals surface area contributed by atoms with Crippen molar-refractivity contribution in [2.45, 2.75) is 170 Å². The maximum atomic E-state index is 12.8. The normalized spacial score (nSPS) is 13.3. The maximum Gasteiger partial charge on any atom is 0.519 e. The number of aromatic carboxylic acids is 1. The maximum absolute atomic E-state index is 12.8. The predicted octanol–water partition coefficient (Wildman–Crippen LogP) is 21.0. The van der Waals surface area contributed by atoms with E-state index in [1.165, 1.54) is 125 Å². The number of carbonyl (C=O) groups is 6. The van der Waals surface area contributed by atoms with Gasteiger partial charge < -0.3 is 59.4 Å². The van der Waals surface area contributed by atoms with Crippen molar-refractivity contribution < 1.29 is 89.2 Å². The number of hydrogen-bond donors (Lipinski definition) is 5. The van der Waals surface area contributed by atoms with Gasteiger partial charge in [-0.3, -0.25) is 9.59 Å². The molecule has 0 saturated carbocycles. The van der Waals surface area contributed by atoms with Crippen LogP contribution < -0.4 is 16.1 Å². The van der Waals surface area contributed by atoms with Gasteiger partial charge in [-0.25, -0.2) is 19.2 Å². The first-order valence-corrected chi connectivity index (χ1v) is 45.4. The molecule has 720 valence electrons. The molecule has 3 aromatic heterocycles. The number of aromatic nitrogens is 6. The number of halogens is 9. The second-order valence-corrected chi connectivity index (χ2v) is 37.0. The van der Waals surface area contributed by atoms with E-state index < -0.39 is 65.7 Å². The lowest BCUT2D eigenvalue weighted by molar-refractivity contribution is -0.138. The van der Waals surface area contributed by atoms with Crippen molar-refractivity contribution in [3.8, 4) is 33.4 Å². The molecule has 24 nitrogen and oxygen atoms in total. The molecule has 5 aliphatic rings. The fourth-order valence-corrected chi connectivity index (χ4v) is 15.1. The number of amides is 3. The highest BCUT2D eigenvalue weighted by atomic mass is 79.9. The van der Waals surface area contributed by atoms with Crippen LogP contribution in [0.4, 0.5) is 40.7 Å². The van der Waals surface area contributed by atoms with Gasteiger partial charge in [0.1, 0.15) is 16.8 Å². The summed E-state index contributed by atoms with van der Waals surface area (Å²) in [6, 6.07) is 67.7. The predicted molar refractivity (Wildman–Crippen MR) is 522 cm³/mol. The van der Waals surface area contributed by atoms with Crippen LogP contribution in [0, 0.1) is 13.8 Å². The van der Waals surface area contributed by atoms with Crippen LogP contribution in [0.3, 0.4) is 0 Å². The van der Waals surface area contributed by atoms with Crippen molar-refractivity contribution in [2.24, 2.45) is 0 Å². The summed E-state index contributed by atoms with van der Waals surface area (Å²) in [7, 11) is -1.73. The summed E-state index contributed by atoms with van der Waals surface area (Å²) in [5.74, 6) is -1.29. The molecule has 0 atom stereocenters. The molecule has 5 aliphatic heterocycles. The van der Waals surface area contributed by atoms with E-state index in [0.717, 1.165) is 110 Å². The van der Waals surface area contributed by atoms with Gasteiger partial charge in [-0.15, -0.1) is 27.7 Å². The molecular weight excluding hydrogens is 1920 g/mol. The number of rotatable bonds is 7. The fourth-order valence-electron chi connectivity index (χ4n) is 14.3. The Morgan fingerprint density at radius 1 is 0.380 bits per heavy atom. The van der Waals surface area contributed by atoms with Crippen LogP contribution in [-0.2, 0) is 96.1 Å². The molecule has 34 heteroatoms. The third-order valence-corrected chi connectivity index (χ3v) is 22.1. The summed E-state index contributed by atoms with van der Waals surface area (Å²) in [5.41, 5.74) is 19.6. The fraction of sp³-hybridized carbons (Fsp3) is 0.301. The number of aryl methyl sites for hydroxylation is 2. The number of benzene rings is 9. The van der Waals surface area contributed by atoms with Gasteiger partial charge in [0.15, 0.2) is 17.1 Å². The molecule has 3 amide bonds. The summed E-state index contributed by atoms with van der Waals surface area (Å²) in [6.45, 7) is 27.9. The van der Waals surface area contributed by atoms with E-state index in [-0.39, 0.29) is 41.5 Å². The van der Waals surface area contributed by atoms with Gasteiger partial charge in [0.05, 0.1) is 11.1 Å². The number of hydrogen-bond acceptors (Lipinski definition) is 20. The van der Waals surface area contributed by atoms with Crippen LogP contribution in [-0.4, -0.2) is 153 Å². The van der Waals surface area contributed by atoms with Crippen molar-refractivity contribution in [3.05, 3.63) is 347 Å². The Morgan fingerprint density at radius 3 is 1.04 bits per heavy atom. The van der Waals surface area contributed by atoms with E-state index in [4.69, 9.17) is 29.4 Å². The monoisotopic (exact) mass is 2030 g/mol. The summed E-state index contributed by atoms with van der Waals surface area (Å²) in [6.07, 6.45) is -1.77. The van der Waals surface area contributed by atoms with Crippen LogP contribution in [0.1, 0.15) is 172 Å². The molecule has 17 rings (SSSR count). The van der Waals surface area contributed by atoms with Gasteiger partial charge in [-0.1, -0.05) is 176 Å². The lowest BCUT2D eigenvalue weighted by atomic mass is 9.80. The Bertz CT molecular complexity index is 6010. The molecule has 0 radical (unpaired) electrons. The van der Waals surface area contributed by atoms with E-state index in [9.17, 15) is 55.1 Å². The number of nitrogens with one attached hydrogen (secondary N) is 2. The van der Waals surface area contributed by atoms with Gasteiger partial charge >= 0.3 is 43.8 Å². The average Bonchev–Trinajstić information content (AvgIpc) is 0.809. The third kappa shape index (κ3) is 34.8. The second kappa shape index (κ2) is 49.9. The summed E-state index contributed by atoms with van der Waals surface area (Å²) in [4.78, 5) is 74.7. The molecule has 9 aromatic carbocycles. The van der Waals surface area contributed by atoms with Gasteiger partial charge in [-0.05, 0) is 307 Å². The van der Waals surface area contributed by atoms with Gasteiger partial charge in [-0.2, -0.15) is 41.6 Å². The molecule has 0 aliphatic carbocycles. The molecule has 5 N–H and O–H groups in total. The molecule has 137 heavy (non-hydrogen) atoms. The van der Waals surface area contributed by atoms with Crippen molar-refractivity contribution in [3.63, 3.8) is 0 Å². The van der Waals surface area contributed by atoms with Crippen LogP contribution in [0.25, 0.3) is 33.4 Å². The summed E-state index contributed by atoms with van der Waals surface area (Å²) >= 11 is 6.92. The highest BCUT2D eigenvalue weighted by Crippen LogP contribution is 2.35. The molecule has 0 bridgehead atoms. The Kier molecular flexibility index (Phi) is 39.4. The van der Waals surface area contributed by atoms with E-state index in [0.29, 0.717) is 56.1 Å². The lowest BCUT2D eigenvalue weighted by Crippen LogP contribution is -2.39. The number of ether oxygens (including phenoxy) is 4. The van der Waals surface area contributed by atoms with E-state index in [1.807, 2.05) is 49.9 Å². The number of carboxylic acid groups (broad SMARTS) is 1. The largest absolute Gasteiger partial charge is 0.519 e. The van der Waals surface area contributed by atoms with E-state index in [1.54, 1.807) is 81.8 Å². The van der Waals surface area contributed by atoms with Crippen molar-refractivity contribution in [1.29, 1.82) is 0 Å². The van der Waals surface area contributed by atoms with Crippen LogP contribution >= 0.6 is 44.3 Å². The Morgan fingerprint density at radius 2 is 0.693 bits per heavy atom. The average molecular weight is 2030 g/mol. The SMILES string of the molecule is Brc1ccc2c(c1)CNCC2.CC(C)(C)OC(=O)N1CCc2ccc(Br)cc2C1.CC(C)(C)OC(=O)OC(=O)OC(C)(C)C.Cc1ccc(-c2ccc3c(c2)CN(C(=O)c2cccnn2)CC3)cc1.Cc1ccc(-c2ccc3c(c2)CNCC3)cc1.Cl.O=C(O)c1cccnn1.O=C(c1cccnn1)N1CCc2ccc(-c3ccc(C(F)(F)F)cc3)cc2C1.OB(O)c1ccc(C(F)(F)F)cc1. The number of carbonyl (C=O) groups excluding carboxylic acids is 5. The Hall–Kier alpha value is -12.6. The van der Waals surface area contributed by atoms with Crippen LogP contribution in [0.2, 0.25) is 0 Å². The van der Waals surface area contributed by atoms with Gasteiger partial charge in [0.25, 0.3) is 11.8 Å². The van der Waals surface area contributed by atoms with Crippen molar-refractivity contribution >= 4 is 93.0 Å². The molecule has 0 spiro atoms. The highest BCUT2D eigenvalue weighted by Gasteiger charge is 2.34. The topological polar surface area (TPSA) is 311 Å². The summed E-state index contributed by atoms with van der Waals surface area (Å²) in [5, 5.41) is 54.3. The van der Waals surface area contributed by atoms with Gasteiger partial charge in [0.2, 0.25) is 0 Å². The zero-order valence-electron chi connectivity index (χ0n) is 77.7. The Labute approximate surface area is 816 Å². The first kappa shape index (κ1) is 108. The minimum absolute atomic E-state index is 0. The molecular formula is C103H109BBr2ClF6N11O13. The first-order valence-electron chi connectivity index (χ1n) is 43.8. The minimum atomic E-state index is -4.39. The third-order valence-electron chi connectivity index (χ3n) is 21.2. The van der Waals surface area contributed by atoms with Crippen molar-refractivity contribution in [2.75, 3.05) is 32.7 Å². The quantitative estimate of drug-likeness (QED) is 0.0325. The first-order chi connectivity index (χ1) is 64.4. The zero-order chi connectivity index (χ0) is 98.7. The molecule has 0 unspecified atom stereocenters. The smallest absolute Gasteiger partial charge is 0.476 e.